The lowest BCUT2D eigenvalue weighted by molar-refractivity contribution is 0.0953. The van der Waals surface area contributed by atoms with E-state index >= 15 is 0 Å². The molecular weight excluding hydrogens is 238 g/mol. The van der Waals surface area contributed by atoms with Crippen LogP contribution in [0.15, 0.2) is 18.2 Å². The standard InChI is InChI=1S/C10H12F2N2O.ClH/c1-13-4-5-14-10(15)7-2-3-8(11)9(12)6-7;/h2-3,6,13H,4-5H2,1H3,(H,14,15);1H. The Morgan fingerprint density at radius 3 is 2.50 bits per heavy atom. The summed E-state index contributed by atoms with van der Waals surface area (Å²) in [6.07, 6.45) is 0. The lowest BCUT2D eigenvalue weighted by atomic mass is 10.2. The maximum Gasteiger partial charge on any atom is 0.251 e. The van der Waals surface area contributed by atoms with Gasteiger partial charge in [0, 0.05) is 18.7 Å². The van der Waals surface area contributed by atoms with Crippen LogP contribution in [0, 0.1) is 11.6 Å². The van der Waals surface area contributed by atoms with Gasteiger partial charge in [0.25, 0.3) is 5.91 Å². The minimum atomic E-state index is -1.02. The van der Waals surface area contributed by atoms with Gasteiger partial charge in [0.15, 0.2) is 11.6 Å². The van der Waals surface area contributed by atoms with Gasteiger partial charge in [0.2, 0.25) is 0 Å². The Balaban J connectivity index is 0.00000225. The predicted octanol–water partition coefficient (Wildman–Crippen LogP) is 1.34. The summed E-state index contributed by atoms with van der Waals surface area (Å²) in [5.41, 5.74) is 0.116. The van der Waals surface area contributed by atoms with Crippen LogP contribution in [0.1, 0.15) is 10.4 Å². The largest absolute Gasteiger partial charge is 0.351 e. The zero-order chi connectivity index (χ0) is 11.3. The summed E-state index contributed by atoms with van der Waals surface area (Å²) in [7, 11) is 1.75. The van der Waals surface area contributed by atoms with Crippen LogP contribution < -0.4 is 10.6 Å². The van der Waals surface area contributed by atoms with E-state index in [0.29, 0.717) is 13.1 Å². The predicted molar refractivity (Wildman–Crippen MR) is 59.9 cm³/mol. The van der Waals surface area contributed by atoms with Gasteiger partial charge >= 0.3 is 0 Å². The van der Waals surface area contributed by atoms with E-state index in [4.69, 9.17) is 0 Å². The quantitative estimate of drug-likeness (QED) is 0.792. The van der Waals surface area contributed by atoms with E-state index in [1.807, 2.05) is 0 Å². The number of carbonyl (C=O) groups is 1. The molecular formula is C10H13ClF2N2O. The third-order valence-electron chi connectivity index (χ3n) is 1.84. The van der Waals surface area contributed by atoms with Gasteiger partial charge in [-0.2, -0.15) is 0 Å². The van der Waals surface area contributed by atoms with Crippen LogP contribution in [0.3, 0.4) is 0 Å². The molecule has 0 saturated carbocycles. The van der Waals surface area contributed by atoms with Gasteiger partial charge in [-0.25, -0.2) is 8.78 Å². The number of hydrogen-bond acceptors (Lipinski definition) is 2. The fourth-order valence-corrected chi connectivity index (χ4v) is 1.04. The highest BCUT2D eigenvalue weighted by Crippen LogP contribution is 2.08. The molecule has 0 saturated heterocycles. The molecule has 0 unspecified atom stereocenters. The Labute approximate surface area is 98.6 Å². The molecule has 1 aromatic rings. The highest BCUT2D eigenvalue weighted by Gasteiger charge is 2.08. The first-order valence-electron chi connectivity index (χ1n) is 4.53. The number of carbonyl (C=O) groups excluding carboxylic acids is 1. The van der Waals surface area contributed by atoms with Gasteiger partial charge < -0.3 is 10.6 Å². The summed E-state index contributed by atoms with van der Waals surface area (Å²) < 4.78 is 25.3. The van der Waals surface area contributed by atoms with Crippen molar-refractivity contribution in [1.29, 1.82) is 0 Å². The normalized spacial score (nSPS) is 9.44. The molecule has 0 bridgehead atoms. The van der Waals surface area contributed by atoms with E-state index in [9.17, 15) is 13.6 Å². The van der Waals surface area contributed by atoms with Crippen LogP contribution in [0.4, 0.5) is 8.78 Å². The average molecular weight is 251 g/mol. The number of amides is 1. The zero-order valence-corrected chi connectivity index (χ0v) is 9.54. The van der Waals surface area contributed by atoms with Crippen molar-refractivity contribution < 1.29 is 13.6 Å². The smallest absolute Gasteiger partial charge is 0.251 e. The maximum atomic E-state index is 12.8. The van der Waals surface area contributed by atoms with Crippen molar-refractivity contribution in [3.63, 3.8) is 0 Å². The van der Waals surface area contributed by atoms with E-state index < -0.39 is 17.5 Å². The van der Waals surface area contributed by atoms with Crippen molar-refractivity contribution in [3.8, 4) is 0 Å². The molecule has 0 aliphatic rings. The van der Waals surface area contributed by atoms with Crippen LogP contribution in [-0.4, -0.2) is 26.0 Å². The lowest BCUT2D eigenvalue weighted by Crippen LogP contribution is -2.30. The molecule has 6 heteroatoms. The Hall–Kier alpha value is -1.20. The Morgan fingerprint density at radius 1 is 1.25 bits per heavy atom. The fraction of sp³-hybridized carbons (Fsp3) is 0.300. The summed E-state index contributed by atoms with van der Waals surface area (Å²) >= 11 is 0. The first-order chi connectivity index (χ1) is 7.15. The van der Waals surface area contributed by atoms with E-state index in [1.54, 1.807) is 7.05 Å². The van der Waals surface area contributed by atoms with Gasteiger partial charge in [-0.3, -0.25) is 4.79 Å². The van der Waals surface area contributed by atoms with Crippen LogP contribution in [0.2, 0.25) is 0 Å². The van der Waals surface area contributed by atoms with Gasteiger partial charge in [-0.05, 0) is 25.2 Å². The highest BCUT2D eigenvalue weighted by atomic mass is 35.5. The number of likely N-dealkylation sites (N-methyl/N-ethyl adjacent to an activating group) is 1. The molecule has 0 spiro atoms. The molecule has 1 rings (SSSR count). The molecule has 0 heterocycles. The molecule has 0 atom stereocenters. The SMILES string of the molecule is CNCCNC(=O)c1ccc(F)c(F)c1.Cl. The summed E-state index contributed by atoms with van der Waals surface area (Å²) in [5, 5.41) is 5.40. The molecule has 0 fully saturated rings. The average Bonchev–Trinajstić information content (AvgIpc) is 2.22. The molecule has 2 N–H and O–H groups in total. The van der Waals surface area contributed by atoms with Crippen LogP contribution in [-0.2, 0) is 0 Å². The summed E-state index contributed by atoms with van der Waals surface area (Å²) in [6.45, 7) is 1.06. The van der Waals surface area contributed by atoms with Crippen LogP contribution >= 0.6 is 12.4 Å². The molecule has 0 aliphatic carbocycles. The van der Waals surface area contributed by atoms with Gasteiger partial charge in [-0.1, -0.05) is 0 Å². The van der Waals surface area contributed by atoms with Crippen molar-refractivity contribution in [2.24, 2.45) is 0 Å². The van der Waals surface area contributed by atoms with Crippen molar-refractivity contribution in [1.82, 2.24) is 10.6 Å². The Bertz CT molecular complexity index is 361. The molecule has 0 radical (unpaired) electrons. The lowest BCUT2D eigenvalue weighted by Gasteiger charge is -2.04. The molecule has 1 aromatic carbocycles. The van der Waals surface area contributed by atoms with Gasteiger partial charge in [-0.15, -0.1) is 12.4 Å². The zero-order valence-electron chi connectivity index (χ0n) is 8.72. The minimum absolute atomic E-state index is 0. The first-order valence-corrected chi connectivity index (χ1v) is 4.53. The molecule has 0 aromatic heterocycles. The van der Waals surface area contributed by atoms with Gasteiger partial charge in [0.1, 0.15) is 0 Å². The molecule has 1 amide bonds. The molecule has 0 aliphatic heterocycles. The summed E-state index contributed by atoms with van der Waals surface area (Å²) in [4.78, 5) is 11.4. The first kappa shape index (κ1) is 14.8. The van der Waals surface area contributed by atoms with Gasteiger partial charge in [0.05, 0.1) is 0 Å². The number of nitrogens with one attached hydrogen (secondary N) is 2. The maximum absolute atomic E-state index is 12.8. The number of benzene rings is 1. The summed E-state index contributed by atoms with van der Waals surface area (Å²) in [5.74, 6) is -2.39. The third-order valence-corrected chi connectivity index (χ3v) is 1.84. The van der Waals surface area contributed by atoms with Crippen LogP contribution in [0.5, 0.6) is 0 Å². The second-order valence-electron chi connectivity index (χ2n) is 2.99. The molecule has 16 heavy (non-hydrogen) atoms. The number of rotatable bonds is 4. The van der Waals surface area contributed by atoms with Crippen molar-refractivity contribution >= 4 is 18.3 Å². The molecule has 3 nitrogen and oxygen atoms in total. The van der Waals surface area contributed by atoms with Crippen LogP contribution in [0.25, 0.3) is 0 Å². The topological polar surface area (TPSA) is 41.1 Å². The second-order valence-corrected chi connectivity index (χ2v) is 2.99. The Kier molecular flexibility index (Phi) is 6.60. The Morgan fingerprint density at radius 2 is 1.94 bits per heavy atom. The second kappa shape index (κ2) is 7.14. The van der Waals surface area contributed by atoms with E-state index in [-0.39, 0.29) is 18.0 Å². The minimum Gasteiger partial charge on any atom is -0.351 e. The molecule has 90 valence electrons. The van der Waals surface area contributed by atoms with Crippen molar-refractivity contribution in [2.75, 3.05) is 20.1 Å². The number of hydrogen-bond donors (Lipinski definition) is 2. The monoisotopic (exact) mass is 250 g/mol. The van der Waals surface area contributed by atoms with Crippen molar-refractivity contribution in [3.05, 3.63) is 35.4 Å². The number of halogens is 3. The van der Waals surface area contributed by atoms with E-state index in [0.717, 1.165) is 12.1 Å². The fourth-order valence-electron chi connectivity index (χ4n) is 1.04. The van der Waals surface area contributed by atoms with E-state index in [1.165, 1.54) is 6.07 Å². The van der Waals surface area contributed by atoms with E-state index in [2.05, 4.69) is 10.6 Å². The summed E-state index contributed by atoms with van der Waals surface area (Å²) in [6, 6.07) is 3.06. The van der Waals surface area contributed by atoms with Crippen molar-refractivity contribution in [2.45, 2.75) is 0 Å². The highest BCUT2D eigenvalue weighted by molar-refractivity contribution is 5.94. The third kappa shape index (κ3) is 4.12.